The lowest BCUT2D eigenvalue weighted by Gasteiger charge is -2.32. The maximum atomic E-state index is 6.79. The Bertz CT molecular complexity index is 3320. The molecule has 0 bridgehead atoms. The van der Waals surface area contributed by atoms with Gasteiger partial charge < -0.3 is 18.7 Å². The van der Waals surface area contributed by atoms with Crippen LogP contribution in [0.25, 0.3) is 82.5 Å². The largest absolute Gasteiger partial charge is 0.456 e. The fourth-order valence-electron chi connectivity index (χ4n) is 8.88. The van der Waals surface area contributed by atoms with E-state index in [0.717, 1.165) is 83.2 Å². The summed E-state index contributed by atoms with van der Waals surface area (Å²) in [7, 11) is 0. The van der Waals surface area contributed by atoms with Crippen molar-refractivity contribution >= 4 is 71.5 Å². The standard InChI is InChI=1S/C51H34N4O2/c1-3-13-31(14-4-1)49-52-50(32-15-5-2-6-16-32)54-51(53-49)41-21-12-24-44-47(41)40-27-25-33(29-45(40)56-44)35-19-11-20-39-38-28-26-34(30-46(38)57-48(35)39)55-42-22-9-7-17-36(42)37-18-8-10-23-43(37)55/h1-30,49,51,53H,(H,52,54). The first-order valence-corrected chi connectivity index (χ1v) is 19.4. The molecule has 4 heterocycles. The van der Waals surface area contributed by atoms with Gasteiger partial charge in [-0.25, -0.2) is 4.99 Å². The first kappa shape index (κ1) is 31.9. The fourth-order valence-corrected chi connectivity index (χ4v) is 8.88. The number of rotatable bonds is 5. The van der Waals surface area contributed by atoms with Crippen molar-refractivity contribution in [3.05, 3.63) is 199 Å². The van der Waals surface area contributed by atoms with E-state index in [1.54, 1.807) is 0 Å². The second-order valence-electron chi connectivity index (χ2n) is 14.8. The molecule has 1 aliphatic heterocycles. The number of amidine groups is 1. The van der Waals surface area contributed by atoms with E-state index >= 15 is 0 Å². The van der Waals surface area contributed by atoms with E-state index in [-0.39, 0.29) is 12.3 Å². The SMILES string of the molecule is c1ccc(C2=NC(c3ccccc3)NC(c3cccc4oc5cc(-c6cccc7c6oc6cc(-n8c9ccccc9c9ccccc98)ccc67)ccc5c34)N2)cc1. The molecule has 0 fully saturated rings. The summed E-state index contributed by atoms with van der Waals surface area (Å²) >= 11 is 0. The van der Waals surface area contributed by atoms with Crippen LogP contribution in [0.1, 0.15) is 29.0 Å². The molecule has 0 amide bonds. The first-order chi connectivity index (χ1) is 28.2. The van der Waals surface area contributed by atoms with E-state index in [2.05, 4.69) is 173 Å². The van der Waals surface area contributed by atoms with Crippen molar-refractivity contribution in [3.63, 3.8) is 0 Å². The van der Waals surface area contributed by atoms with Crippen LogP contribution in [0.15, 0.2) is 196 Å². The lowest BCUT2D eigenvalue weighted by Crippen LogP contribution is -2.45. The number of benzene rings is 8. The van der Waals surface area contributed by atoms with Gasteiger partial charge in [-0.1, -0.05) is 133 Å². The summed E-state index contributed by atoms with van der Waals surface area (Å²) < 4.78 is 15.8. The third kappa shape index (κ3) is 5.04. The fraction of sp³-hybridized carbons (Fsp3) is 0.0392. The van der Waals surface area contributed by atoms with Crippen molar-refractivity contribution in [2.75, 3.05) is 0 Å². The monoisotopic (exact) mass is 734 g/mol. The number of hydrogen-bond donors (Lipinski definition) is 2. The molecule has 8 aromatic carbocycles. The minimum Gasteiger partial charge on any atom is -0.456 e. The van der Waals surface area contributed by atoms with Gasteiger partial charge in [0.05, 0.1) is 11.0 Å². The Kier molecular flexibility index (Phi) is 7.03. The number of para-hydroxylation sites is 3. The summed E-state index contributed by atoms with van der Waals surface area (Å²) in [5, 5.41) is 14.3. The first-order valence-electron chi connectivity index (χ1n) is 19.4. The van der Waals surface area contributed by atoms with Gasteiger partial charge in [0.15, 0.2) is 0 Å². The van der Waals surface area contributed by atoms with E-state index in [0.29, 0.717) is 0 Å². The summed E-state index contributed by atoms with van der Waals surface area (Å²) in [6.45, 7) is 0. The molecule has 0 aliphatic carbocycles. The Morgan fingerprint density at radius 3 is 1.98 bits per heavy atom. The van der Waals surface area contributed by atoms with Gasteiger partial charge in [0, 0.05) is 60.8 Å². The smallest absolute Gasteiger partial charge is 0.143 e. The zero-order chi connectivity index (χ0) is 37.5. The molecule has 1 aliphatic rings. The molecular formula is C51H34N4O2. The van der Waals surface area contributed by atoms with Crippen LogP contribution in [-0.4, -0.2) is 10.4 Å². The van der Waals surface area contributed by atoms with Gasteiger partial charge in [0.25, 0.3) is 0 Å². The number of aromatic nitrogens is 1. The predicted octanol–water partition coefficient (Wildman–Crippen LogP) is 12.6. The summed E-state index contributed by atoms with van der Waals surface area (Å²) in [6.07, 6.45) is -0.446. The normalized spacial score (nSPS) is 15.9. The maximum Gasteiger partial charge on any atom is 0.143 e. The molecule has 0 spiro atoms. The number of furan rings is 2. The molecular weight excluding hydrogens is 701 g/mol. The average Bonchev–Trinajstić information content (AvgIpc) is 3.96. The van der Waals surface area contributed by atoms with Gasteiger partial charge in [0.1, 0.15) is 40.5 Å². The lowest BCUT2D eigenvalue weighted by molar-refractivity contribution is 0.411. The Morgan fingerprint density at radius 1 is 0.491 bits per heavy atom. The van der Waals surface area contributed by atoms with E-state index in [9.17, 15) is 0 Å². The number of nitrogens with zero attached hydrogens (tertiary/aromatic N) is 2. The molecule has 270 valence electrons. The molecule has 2 N–H and O–H groups in total. The van der Waals surface area contributed by atoms with Gasteiger partial charge in [-0.15, -0.1) is 0 Å². The van der Waals surface area contributed by atoms with Gasteiger partial charge in [-0.2, -0.15) is 0 Å². The quantitative estimate of drug-likeness (QED) is 0.185. The van der Waals surface area contributed by atoms with Gasteiger partial charge in [0.2, 0.25) is 0 Å². The van der Waals surface area contributed by atoms with Crippen molar-refractivity contribution in [2.45, 2.75) is 12.3 Å². The highest BCUT2D eigenvalue weighted by Crippen LogP contribution is 2.41. The number of nitrogens with one attached hydrogen (secondary N) is 2. The van der Waals surface area contributed by atoms with Crippen LogP contribution >= 0.6 is 0 Å². The summed E-state index contributed by atoms with van der Waals surface area (Å²) in [6, 6.07) is 63.7. The van der Waals surface area contributed by atoms with Crippen LogP contribution in [0.2, 0.25) is 0 Å². The average molecular weight is 735 g/mol. The minimum absolute atomic E-state index is 0.219. The number of hydrogen-bond acceptors (Lipinski definition) is 5. The summed E-state index contributed by atoms with van der Waals surface area (Å²) in [5.41, 5.74) is 12.1. The van der Waals surface area contributed by atoms with Crippen LogP contribution in [0, 0.1) is 0 Å². The van der Waals surface area contributed by atoms with Crippen LogP contribution in [-0.2, 0) is 0 Å². The maximum absolute atomic E-state index is 6.79. The van der Waals surface area contributed by atoms with Crippen molar-refractivity contribution in [2.24, 2.45) is 4.99 Å². The van der Waals surface area contributed by atoms with Crippen LogP contribution in [0.3, 0.4) is 0 Å². The van der Waals surface area contributed by atoms with Crippen LogP contribution in [0.4, 0.5) is 0 Å². The highest BCUT2D eigenvalue weighted by Gasteiger charge is 2.28. The minimum atomic E-state index is -0.227. The molecule has 2 unspecified atom stereocenters. The Hall–Kier alpha value is -7.41. The summed E-state index contributed by atoms with van der Waals surface area (Å²) in [5.74, 6) is 0.849. The topological polar surface area (TPSA) is 67.6 Å². The van der Waals surface area contributed by atoms with E-state index in [1.807, 2.05) is 24.3 Å². The zero-order valence-electron chi connectivity index (χ0n) is 30.7. The molecule has 11 aromatic rings. The van der Waals surface area contributed by atoms with Gasteiger partial charge in [-0.05, 0) is 53.6 Å². The van der Waals surface area contributed by atoms with Crippen LogP contribution in [0.5, 0.6) is 0 Å². The molecule has 0 saturated heterocycles. The van der Waals surface area contributed by atoms with Crippen molar-refractivity contribution in [3.8, 4) is 16.8 Å². The third-order valence-corrected chi connectivity index (χ3v) is 11.5. The van der Waals surface area contributed by atoms with Gasteiger partial charge in [-0.3, -0.25) is 5.32 Å². The zero-order valence-corrected chi connectivity index (χ0v) is 30.7. The van der Waals surface area contributed by atoms with Gasteiger partial charge >= 0.3 is 0 Å². The molecule has 12 rings (SSSR count). The molecule has 0 radical (unpaired) electrons. The molecule has 2 atom stereocenters. The van der Waals surface area contributed by atoms with Crippen LogP contribution < -0.4 is 10.6 Å². The predicted molar refractivity (Wildman–Crippen MR) is 232 cm³/mol. The number of fused-ring (bicyclic) bond motifs is 9. The molecule has 0 saturated carbocycles. The molecule has 57 heavy (non-hydrogen) atoms. The number of aliphatic imine (C=N–C) groups is 1. The highest BCUT2D eigenvalue weighted by atomic mass is 16.3. The van der Waals surface area contributed by atoms with Crippen molar-refractivity contribution in [1.29, 1.82) is 0 Å². The lowest BCUT2D eigenvalue weighted by atomic mass is 9.98. The van der Waals surface area contributed by atoms with E-state index < -0.39 is 0 Å². The third-order valence-electron chi connectivity index (χ3n) is 11.5. The highest BCUT2D eigenvalue weighted by molar-refractivity contribution is 6.13. The second kappa shape index (κ2) is 12.6. The van der Waals surface area contributed by atoms with Crippen molar-refractivity contribution < 1.29 is 8.83 Å². The molecule has 6 nitrogen and oxygen atoms in total. The Balaban J connectivity index is 0.954. The van der Waals surface area contributed by atoms with E-state index in [1.165, 1.54) is 21.8 Å². The Morgan fingerprint density at radius 2 is 1.18 bits per heavy atom. The second-order valence-corrected chi connectivity index (χ2v) is 14.8. The molecule has 6 heteroatoms. The molecule has 3 aromatic heterocycles. The van der Waals surface area contributed by atoms with E-state index in [4.69, 9.17) is 13.8 Å². The summed E-state index contributed by atoms with van der Waals surface area (Å²) in [4.78, 5) is 5.12. The van der Waals surface area contributed by atoms with Crippen molar-refractivity contribution in [1.82, 2.24) is 15.2 Å². The Labute approximate surface area is 327 Å².